The molecule has 0 aliphatic carbocycles. The number of benzene rings is 8. The van der Waals surface area contributed by atoms with Crippen molar-refractivity contribution in [3.05, 3.63) is 193 Å². The Labute approximate surface area is 312 Å². The molecule has 0 aliphatic rings. The van der Waals surface area contributed by atoms with Crippen molar-refractivity contribution in [3.63, 3.8) is 0 Å². The largest absolute Gasteiger partial charge is 0.309 e. The topological polar surface area (TPSA) is 57.4 Å². The molecule has 0 N–H and O–H groups in total. The molecule has 0 atom stereocenters. The van der Waals surface area contributed by atoms with Gasteiger partial charge in [0.05, 0.1) is 51.0 Å². The Morgan fingerprint density at radius 1 is 0.352 bits per heavy atom. The predicted molar refractivity (Wildman–Crippen MR) is 221 cm³/mol. The maximum absolute atomic E-state index is 10.3. The maximum atomic E-state index is 10.3. The first-order valence-electron chi connectivity index (χ1n) is 18.0. The van der Waals surface area contributed by atoms with E-state index >= 15 is 0 Å². The van der Waals surface area contributed by atoms with Gasteiger partial charge in [-0.15, -0.1) is 0 Å². The van der Waals surface area contributed by atoms with Crippen molar-refractivity contribution in [2.45, 2.75) is 0 Å². The Kier molecular flexibility index (Phi) is 7.22. The fourth-order valence-electron chi connectivity index (χ4n) is 8.21. The van der Waals surface area contributed by atoms with E-state index in [0.29, 0.717) is 11.1 Å². The lowest BCUT2D eigenvalue weighted by molar-refractivity contribution is 1.17. The number of para-hydroxylation sites is 3. The summed E-state index contributed by atoms with van der Waals surface area (Å²) in [5.41, 5.74) is 13.5. The highest BCUT2D eigenvalue weighted by atomic mass is 15.0. The molecule has 0 fully saturated rings. The smallest absolute Gasteiger partial charge is 0.0998 e. The van der Waals surface area contributed by atoms with Gasteiger partial charge < -0.3 is 9.13 Å². The second kappa shape index (κ2) is 12.5. The molecule has 250 valence electrons. The highest BCUT2D eigenvalue weighted by molar-refractivity contribution is 6.13. The zero-order valence-electron chi connectivity index (χ0n) is 29.1. The normalized spacial score (nSPS) is 11.3. The fraction of sp³-hybridized carbons (Fsp3) is 0. The van der Waals surface area contributed by atoms with Crippen LogP contribution in [0.2, 0.25) is 0 Å². The van der Waals surface area contributed by atoms with E-state index in [1.54, 1.807) is 12.1 Å². The van der Waals surface area contributed by atoms with Crippen molar-refractivity contribution < 1.29 is 0 Å². The third kappa shape index (κ3) is 4.83. The molecule has 0 radical (unpaired) electrons. The number of hydrogen-bond donors (Lipinski definition) is 0. The van der Waals surface area contributed by atoms with E-state index in [4.69, 9.17) is 0 Å². The molecule has 0 unspecified atom stereocenters. The number of hydrogen-bond acceptors (Lipinski definition) is 2. The first kappa shape index (κ1) is 31.1. The molecular formula is C50H30N4. The second-order valence-electron chi connectivity index (χ2n) is 13.6. The summed E-state index contributed by atoms with van der Waals surface area (Å²) in [7, 11) is 0. The highest BCUT2D eigenvalue weighted by Gasteiger charge is 2.23. The monoisotopic (exact) mass is 686 g/mol. The molecule has 0 aliphatic heterocycles. The molecule has 2 aromatic heterocycles. The van der Waals surface area contributed by atoms with Crippen LogP contribution in [0.4, 0.5) is 0 Å². The van der Waals surface area contributed by atoms with E-state index in [1.807, 2.05) is 18.2 Å². The van der Waals surface area contributed by atoms with Crippen LogP contribution in [-0.4, -0.2) is 9.13 Å². The maximum Gasteiger partial charge on any atom is 0.0998 e. The van der Waals surface area contributed by atoms with E-state index in [1.165, 1.54) is 21.8 Å². The van der Waals surface area contributed by atoms with Crippen LogP contribution < -0.4 is 0 Å². The van der Waals surface area contributed by atoms with Gasteiger partial charge in [0.15, 0.2) is 0 Å². The van der Waals surface area contributed by atoms with E-state index in [-0.39, 0.29) is 0 Å². The third-order valence-electron chi connectivity index (χ3n) is 10.6. The highest BCUT2D eigenvalue weighted by Crippen LogP contribution is 2.45. The van der Waals surface area contributed by atoms with Crippen molar-refractivity contribution in [1.29, 1.82) is 10.5 Å². The molecule has 10 rings (SSSR count). The van der Waals surface area contributed by atoms with Gasteiger partial charge in [0, 0.05) is 38.4 Å². The quantitative estimate of drug-likeness (QED) is 0.181. The fourth-order valence-corrected chi connectivity index (χ4v) is 8.21. The van der Waals surface area contributed by atoms with Gasteiger partial charge in [-0.05, 0) is 82.9 Å². The van der Waals surface area contributed by atoms with Crippen LogP contribution in [0, 0.1) is 22.7 Å². The SMILES string of the molecule is N#Cc1ccc(-c2cc(-c3ccccc3)c(-n3c4ccccc4c4cc(-n5c6ccccc6c6ccccc65)ccc43)c(-c3ccccc3)c2)c(C#N)c1. The average Bonchev–Trinajstić information content (AvgIpc) is 3.76. The summed E-state index contributed by atoms with van der Waals surface area (Å²) in [5.74, 6) is 0. The van der Waals surface area contributed by atoms with Gasteiger partial charge in [0.1, 0.15) is 0 Å². The van der Waals surface area contributed by atoms with Crippen LogP contribution in [0.3, 0.4) is 0 Å². The van der Waals surface area contributed by atoms with Gasteiger partial charge in [-0.3, -0.25) is 0 Å². The first-order chi connectivity index (χ1) is 26.7. The number of aromatic nitrogens is 2. The van der Waals surface area contributed by atoms with Crippen molar-refractivity contribution in [2.75, 3.05) is 0 Å². The van der Waals surface area contributed by atoms with Crippen molar-refractivity contribution in [1.82, 2.24) is 9.13 Å². The van der Waals surface area contributed by atoms with Crippen LogP contribution in [0.15, 0.2) is 182 Å². The summed E-state index contributed by atoms with van der Waals surface area (Å²) in [6.07, 6.45) is 0. The zero-order valence-corrected chi connectivity index (χ0v) is 29.1. The number of nitrogens with zero attached hydrogens (tertiary/aromatic N) is 4. The number of rotatable bonds is 5. The molecular weight excluding hydrogens is 657 g/mol. The van der Waals surface area contributed by atoms with E-state index in [0.717, 1.165) is 66.6 Å². The zero-order chi connectivity index (χ0) is 36.2. The molecule has 0 saturated carbocycles. The molecule has 4 heteroatoms. The lowest BCUT2D eigenvalue weighted by Crippen LogP contribution is -2.02. The van der Waals surface area contributed by atoms with Gasteiger partial charge in [-0.2, -0.15) is 10.5 Å². The molecule has 0 bridgehead atoms. The van der Waals surface area contributed by atoms with E-state index < -0.39 is 0 Å². The predicted octanol–water partition coefficient (Wildman–Crippen LogP) is 12.6. The van der Waals surface area contributed by atoms with Crippen LogP contribution in [0.5, 0.6) is 0 Å². The minimum Gasteiger partial charge on any atom is -0.309 e. The molecule has 10 aromatic rings. The van der Waals surface area contributed by atoms with Crippen molar-refractivity contribution in [3.8, 4) is 56.9 Å². The van der Waals surface area contributed by atoms with Crippen LogP contribution in [0.25, 0.3) is 88.4 Å². The minimum absolute atomic E-state index is 0.462. The van der Waals surface area contributed by atoms with Gasteiger partial charge >= 0.3 is 0 Å². The first-order valence-corrected chi connectivity index (χ1v) is 18.0. The number of nitriles is 2. The van der Waals surface area contributed by atoms with Gasteiger partial charge in [0.2, 0.25) is 0 Å². The van der Waals surface area contributed by atoms with E-state index in [9.17, 15) is 10.5 Å². The lowest BCUT2D eigenvalue weighted by Gasteiger charge is -2.21. The summed E-state index contributed by atoms with van der Waals surface area (Å²) in [4.78, 5) is 0. The van der Waals surface area contributed by atoms with Gasteiger partial charge in [-0.1, -0.05) is 121 Å². The summed E-state index contributed by atoms with van der Waals surface area (Å²) >= 11 is 0. The molecule has 0 amide bonds. The Bertz CT molecular complexity index is 3060. The van der Waals surface area contributed by atoms with Crippen molar-refractivity contribution >= 4 is 43.6 Å². The third-order valence-corrected chi connectivity index (χ3v) is 10.6. The summed E-state index contributed by atoms with van der Waals surface area (Å²) in [6.45, 7) is 0. The van der Waals surface area contributed by atoms with E-state index in [2.05, 4.69) is 173 Å². The van der Waals surface area contributed by atoms with Crippen LogP contribution in [0.1, 0.15) is 11.1 Å². The minimum atomic E-state index is 0.462. The summed E-state index contributed by atoms with van der Waals surface area (Å²) in [5, 5.41) is 24.7. The molecule has 54 heavy (non-hydrogen) atoms. The lowest BCUT2D eigenvalue weighted by atomic mass is 9.89. The summed E-state index contributed by atoms with van der Waals surface area (Å²) in [6, 6.07) is 68.0. The molecule has 0 saturated heterocycles. The van der Waals surface area contributed by atoms with Gasteiger partial charge in [0.25, 0.3) is 0 Å². The molecule has 2 heterocycles. The Hall–Kier alpha value is -7.66. The molecule has 4 nitrogen and oxygen atoms in total. The van der Waals surface area contributed by atoms with Crippen molar-refractivity contribution in [2.24, 2.45) is 0 Å². The van der Waals surface area contributed by atoms with Gasteiger partial charge in [-0.25, -0.2) is 0 Å². The average molecular weight is 687 g/mol. The standard InChI is InChI=1S/C50H30N4/c51-31-33-23-25-39(37(27-33)32-52)36-28-43(34-13-3-1-4-14-34)50(44(29-36)35-15-5-2-6-16-35)54-48-22-12-9-19-42(48)45-30-38(24-26-49(45)54)53-46-20-10-7-17-40(46)41-18-8-11-21-47(41)53/h1-30H. The Balaban J connectivity index is 1.31. The molecule has 8 aromatic carbocycles. The Morgan fingerprint density at radius 2 is 0.852 bits per heavy atom. The second-order valence-corrected chi connectivity index (χ2v) is 13.6. The van der Waals surface area contributed by atoms with Crippen LogP contribution in [-0.2, 0) is 0 Å². The number of fused-ring (bicyclic) bond motifs is 6. The summed E-state index contributed by atoms with van der Waals surface area (Å²) < 4.78 is 4.79. The molecule has 0 spiro atoms. The Morgan fingerprint density at radius 3 is 1.41 bits per heavy atom. The van der Waals surface area contributed by atoms with Crippen LogP contribution >= 0.6 is 0 Å².